The molecule has 0 aliphatic carbocycles. The fourth-order valence-electron chi connectivity index (χ4n) is 1.81. The molecule has 0 heterocycles. The van der Waals surface area contributed by atoms with Gasteiger partial charge in [-0.2, -0.15) is 0 Å². The van der Waals surface area contributed by atoms with Crippen LogP contribution in [-0.2, 0) is 19.6 Å². The summed E-state index contributed by atoms with van der Waals surface area (Å²) < 4.78 is 5.73. The first-order chi connectivity index (χ1) is 9.22. The molecule has 2 aromatic rings. The number of benzene rings is 2. The Labute approximate surface area is 119 Å². The third kappa shape index (κ3) is 3.72. The van der Waals surface area contributed by atoms with Gasteiger partial charge < -0.3 is 10.5 Å². The molecular weight excluding hydrogens is 258 g/mol. The molecule has 0 amide bonds. The predicted octanol–water partition coefficient (Wildman–Crippen LogP) is 3.94. The van der Waals surface area contributed by atoms with Gasteiger partial charge in [0.25, 0.3) is 0 Å². The van der Waals surface area contributed by atoms with Gasteiger partial charge in [0.05, 0.1) is 5.02 Å². The smallest absolute Gasteiger partial charge is 0.138 e. The van der Waals surface area contributed by atoms with Gasteiger partial charge in [0.2, 0.25) is 0 Å². The van der Waals surface area contributed by atoms with Gasteiger partial charge in [0.1, 0.15) is 12.4 Å². The molecule has 0 spiro atoms. The van der Waals surface area contributed by atoms with Crippen LogP contribution in [0.25, 0.3) is 0 Å². The van der Waals surface area contributed by atoms with E-state index in [9.17, 15) is 0 Å². The highest BCUT2D eigenvalue weighted by atomic mass is 35.5. The van der Waals surface area contributed by atoms with E-state index in [0.717, 1.165) is 23.3 Å². The Bertz CT molecular complexity index is 537. The molecular formula is C16H18ClNO. The topological polar surface area (TPSA) is 35.2 Å². The number of ether oxygens (including phenoxy) is 1. The zero-order valence-electron chi connectivity index (χ0n) is 11.0. The van der Waals surface area contributed by atoms with Crippen molar-refractivity contribution in [1.82, 2.24) is 0 Å². The van der Waals surface area contributed by atoms with Crippen molar-refractivity contribution in [3.63, 3.8) is 0 Å². The Balaban J connectivity index is 2.01. The van der Waals surface area contributed by atoms with Crippen LogP contribution in [0.4, 0.5) is 0 Å². The Morgan fingerprint density at radius 3 is 2.21 bits per heavy atom. The van der Waals surface area contributed by atoms with Crippen LogP contribution in [-0.4, -0.2) is 0 Å². The van der Waals surface area contributed by atoms with Crippen LogP contribution in [0.2, 0.25) is 5.02 Å². The van der Waals surface area contributed by atoms with Crippen LogP contribution in [0.15, 0.2) is 42.5 Å². The summed E-state index contributed by atoms with van der Waals surface area (Å²) >= 11 is 6.18. The number of hydrogen-bond donors (Lipinski definition) is 1. The molecule has 0 aliphatic rings. The van der Waals surface area contributed by atoms with Crippen LogP contribution >= 0.6 is 11.6 Å². The van der Waals surface area contributed by atoms with Gasteiger partial charge >= 0.3 is 0 Å². The standard InChI is InChI=1S/C16H18ClNO/c1-2-12-7-8-16(15(17)9-12)19-11-14-5-3-13(10-18)4-6-14/h3-9H,2,10-11,18H2,1H3. The molecule has 0 aromatic heterocycles. The molecule has 0 atom stereocenters. The summed E-state index contributed by atoms with van der Waals surface area (Å²) in [6.07, 6.45) is 0.973. The predicted molar refractivity (Wildman–Crippen MR) is 79.5 cm³/mol. The SMILES string of the molecule is CCc1ccc(OCc2ccc(CN)cc2)c(Cl)c1. The molecule has 0 saturated heterocycles. The summed E-state index contributed by atoms with van der Waals surface area (Å²) in [4.78, 5) is 0. The number of halogens is 1. The highest BCUT2D eigenvalue weighted by molar-refractivity contribution is 6.32. The fourth-order valence-corrected chi connectivity index (χ4v) is 2.07. The molecule has 0 fully saturated rings. The van der Waals surface area contributed by atoms with Crippen molar-refractivity contribution in [3.8, 4) is 5.75 Å². The van der Waals surface area contributed by atoms with E-state index < -0.39 is 0 Å². The van der Waals surface area contributed by atoms with Crippen LogP contribution < -0.4 is 10.5 Å². The lowest BCUT2D eigenvalue weighted by Gasteiger charge is -2.09. The summed E-state index contributed by atoms with van der Waals surface area (Å²) in [5.41, 5.74) is 9.00. The van der Waals surface area contributed by atoms with Crippen LogP contribution in [0, 0.1) is 0 Å². The average Bonchev–Trinajstić information content (AvgIpc) is 2.46. The summed E-state index contributed by atoms with van der Waals surface area (Å²) in [7, 11) is 0. The van der Waals surface area contributed by atoms with E-state index in [1.807, 2.05) is 42.5 Å². The van der Waals surface area contributed by atoms with Crippen molar-refractivity contribution in [2.75, 3.05) is 0 Å². The molecule has 0 bridgehead atoms. The third-order valence-corrected chi connectivity index (χ3v) is 3.35. The van der Waals surface area contributed by atoms with Crippen molar-refractivity contribution >= 4 is 11.6 Å². The normalized spacial score (nSPS) is 10.5. The van der Waals surface area contributed by atoms with E-state index in [1.165, 1.54) is 5.56 Å². The van der Waals surface area contributed by atoms with E-state index in [-0.39, 0.29) is 0 Å². The minimum absolute atomic E-state index is 0.510. The lowest BCUT2D eigenvalue weighted by atomic mass is 10.1. The molecule has 2 nitrogen and oxygen atoms in total. The molecule has 2 aromatic carbocycles. The van der Waals surface area contributed by atoms with Crippen LogP contribution in [0.3, 0.4) is 0 Å². The molecule has 100 valence electrons. The molecule has 0 saturated carbocycles. The van der Waals surface area contributed by atoms with Crippen molar-refractivity contribution in [1.29, 1.82) is 0 Å². The maximum Gasteiger partial charge on any atom is 0.138 e. The zero-order valence-corrected chi connectivity index (χ0v) is 11.8. The van der Waals surface area contributed by atoms with E-state index in [4.69, 9.17) is 22.1 Å². The van der Waals surface area contributed by atoms with Crippen LogP contribution in [0.1, 0.15) is 23.6 Å². The van der Waals surface area contributed by atoms with Gasteiger partial charge in [0.15, 0.2) is 0 Å². The first-order valence-electron chi connectivity index (χ1n) is 6.42. The second kappa shape index (κ2) is 6.60. The number of nitrogens with two attached hydrogens (primary N) is 1. The monoisotopic (exact) mass is 275 g/mol. The van der Waals surface area contributed by atoms with Gasteiger partial charge in [-0.3, -0.25) is 0 Å². The maximum absolute atomic E-state index is 6.18. The summed E-state index contributed by atoms with van der Waals surface area (Å²) in [5, 5.41) is 0.665. The number of rotatable bonds is 5. The molecule has 19 heavy (non-hydrogen) atoms. The zero-order chi connectivity index (χ0) is 13.7. The van der Waals surface area contributed by atoms with Crippen molar-refractivity contribution in [3.05, 3.63) is 64.2 Å². The van der Waals surface area contributed by atoms with E-state index in [0.29, 0.717) is 18.2 Å². The Morgan fingerprint density at radius 2 is 1.63 bits per heavy atom. The Hall–Kier alpha value is -1.51. The van der Waals surface area contributed by atoms with Crippen molar-refractivity contribution in [2.45, 2.75) is 26.5 Å². The van der Waals surface area contributed by atoms with E-state index in [1.54, 1.807) is 0 Å². The minimum Gasteiger partial charge on any atom is -0.487 e. The highest BCUT2D eigenvalue weighted by Gasteiger charge is 2.03. The van der Waals surface area contributed by atoms with Gasteiger partial charge in [-0.15, -0.1) is 0 Å². The second-order valence-corrected chi connectivity index (χ2v) is 4.83. The maximum atomic E-state index is 6.18. The summed E-state index contributed by atoms with van der Waals surface area (Å²) in [5.74, 6) is 0.724. The van der Waals surface area contributed by atoms with Crippen LogP contribution in [0.5, 0.6) is 5.75 Å². The first kappa shape index (κ1) is 13.9. The Kier molecular flexibility index (Phi) is 4.83. The summed E-state index contributed by atoms with van der Waals surface area (Å²) in [6.45, 7) is 3.17. The number of aryl methyl sites for hydroxylation is 1. The van der Waals surface area contributed by atoms with Gasteiger partial charge in [-0.1, -0.05) is 48.9 Å². The quantitative estimate of drug-likeness (QED) is 0.897. The molecule has 0 aliphatic heterocycles. The van der Waals surface area contributed by atoms with Gasteiger partial charge in [0, 0.05) is 6.54 Å². The van der Waals surface area contributed by atoms with E-state index in [2.05, 4.69) is 6.92 Å². The largest absolute Gasteiger partial charge is 0.487 e. The Morgan fingerprint density at radius 1 is 1.00 bits per heavy atom. The minimum atomic E-state index is 0.510. The van der Waals surface area contributed by atoms with Gasteiger partial charge in [-0.05, 0) is 35.2 Å². The van der Waals surface area contributed by atoms with E-state index >= 15 is 0 Å². The lowest BCUT2D eigenvalue weighted by molar-refractivity contribution is 0.306. The second-order valence-electron chi connectivity index (χ2n) is 4.43. The highest BCUT2D eigenvalue weighted by Crippen LogP contribution is 2.26. The fraction of sp³-hybridized carbons (Fsp3) is 0.250. The first-order valence-corrected chi connectivity index (χ1v) is 6.80. The van der Waals surface area contributed by atoms with Gasteiger partial charge in [-0.25, -0.2) is 0 Å². The third-order valence-electron chi connectivity index (χ3n) is 3.06. The average molecular weight is 276 g/mol. The van der Waals surface area contributed by atoms with Crippen molar-refractivity contribution < 1.29 is 4.74 Å². The molecule has 0 radical (unpaired) electrons. The lowest BCUT2D eigenvalue weighted by Crippen LogP contribution is -1.99. The van der Waals surface area contributed by atoms with Crippen molar-refractivity contribution in [2.24, 2.45) is 5.73 Å². The molecule has 3 heteroatoms. The number of hydrogen-bond acceptors (Lipinski definition) is 2. The summed E-state index contributed by atoms with van der Waals surface area (Å²) in [6, 6.07) is 14.0. The molecule has 0 unspecified atom stereocenters. The molecule has 2 rings (SSSR count). The molecule has 2 N–H and O–H groups in total.